The number of carboxylic acid groups (broad SMARTS) is 1. The maximum absolute atomic E-state index is 10.8. The molecule has 1 aromatic carbocycles. The van der Waals surface area contributed by atoms with E-state index in [1.165, 1.54) is 5.69 Å². The second kappa shape index (κ2) is 6.61. The van der Waals surface area contributed by atoms with Crippen LogP contribution in [0.25, 0.3) is 0 Å². The molecule has 0 saturated carbocycles. The van der Waals surface area contributed by atoms with Crippen LogP contribution >= 0.6 is 11.8 Å². The normalized spacial score (nSPS) is 10.7. The molecule has 0 unspecified atom stereocenters. The average molecular weight is 290 g/mol. The van der Waals surface area contributed by atoms with Crippen LogP contribution in [0.4, 0.5) is 0 Å². The zero-order valence-corrected chi connectivity index (χ0v) is 12.5. The number of aryl methyl sites for hydroxylation is 2. The third-order valence-corrected chi connectivity index (χ3v) is 4.11. The topological polar surface area (TPSA) is 55.1 Å². The van der Waals surface area contributed by atoms with E-state index in [4.69, 9.17) is 5.11 Å². The summed E-state index contributed by atoms with van der Waals surface area (Å²) < 4.78 is 2.03. The Bertz CT molecular complexity index is 590. The molecule has 4 nitrogen and oxygen atoms in total. The lowest BCUT2D eigenvalue weighted by Gasteiger charge is -2.04. The number of benzene rings is 1. The van der Waals surface area contributed by atoms with E-state index in [1.807, 2.05) is 16.8 Å². The summed E-state index contributed by atoms with van der Waals surface area (Å²) in [6.07, 6.45) is 0.942. The highest BCUT2D eigenvalue weighted by molar-refractivity contribution is 7.98. The Morgan fingerprint density at radius 2 is 2.00 bits per heavy atom. The van der Waals surface area contributed by atoms with Crippen LogP contribution in [0.1, 0.15) is 35.6 Å². The highest BCUT2D eigenvalue weighted by Gasteiger charge is 2.07. The molecule has 0 saturated heterocycles. The molecule has 1 aromatic heterocycles. The van der Waals surface area contributed by atoms with Crippen LogP contribution in [0, 0.1) is 0 Å². The molecule has 0 bridgehead atoms. The lowest BCUT2D eigenvalue weighted by atomic mass is 10.2. The lowest BCUT2D eigenvalue weighted by molar-refractivity contribution is 0.0697. The molecule has 1 heterocycles. The number of aromatic carboxylic acids is 1. The van der Waals surface area contributed by atoms with Crippen LogP contribution in [-0.4, -0.2) is 20.9 Å². The Kier molecular flexibility index (Phi) is 4.84. The first kappa shape index (κ1) is 14.7. The van der Waals surface area contributed by atoms with Gasteiger partial charge in [0.05, 0.1) is 11.3 Å². The first-order valence-electron chi connectivity index (χ1n) is 6.65. The highest BCUT2D eigenvalue weighted by Crippen LogP contribution is 2.23. The van der Waals surface area contributed by atoms with E-state index in [2.05, 4.69) is 25.0 Å². The quantitative estimate of drug-likeness (QED) is 0.828. The van der Waals surface area contributed by atoms with Gasteiger partial charge in [-0.3, -0.25) is 4.68 Å². The molecular formula is C15H18N2O2S. The standard InChI is InChI=1S/C15H18N2O2S/c1-3-12-9-13(17(4-2)16-12)10-20-14-7-5-11(6-8-14)15(18)19/h5-9H,3-4,10H2,1-2H3,(H,18,19). The summed E-state index contributed by atoms with van der Waals surface area (Å²) in [6.45, 7) is 5.06. The minimum Gasteiger partial charge on any atom is -0.478 e. The van der Waals surface area contributed by atoms with Gasteiger partial charge >= 0.3 is 5.97 Å². The molecule has 0 radical (unpaired) electrons. The Morgan fingerprint density at radius 3 is 2.55 bits per heavy atom. The van der Waals surface area contributed by atoms with E-state index in [0.717, 1.165) is 29.3 Å². The molecule has 0 aliphatic rings. The van der Waals surface area contributed by atoms with Crippen molar-refractivity contribution in [2.75, 3.05) is 0 Å². The first-order chi connectivity index (χ1) is 9.63. The minimum absolute atomic E-state index is 0.321. The van der Waals surface area contributed by atoms with Crippen molar-refractivity contribution in [3.05, 3.63) is 47.3 Å². The molecule has 0 amide bonds. The molecule has 2 aromatic rings. The number of nitrogens with zero attached hydrogens (tertiary/aromatic N) is 2. The number of aromatic nitrogens is 2. The second-order valence-corrected chi connectivity index (χ2v) is 5.46. The Morgan fingerprint density at radius 1 is 1.30 bits per heavy atom. The van der Waals surface area contributed by atoms with Gasteiger partial charge in [0.1, 0.15) is 0 Å². The van der Waals surface area contributed by atoms with Gasteiger partial charge in [0.15, 0.2) is 0 Å². The summed E-state index contributed by atoms with van der Waals surface area (Å²) in [6, 6.07) is 9.11. The number of carboxylic acids is 1. The van der Waals surface area contributed by atoms with Crippen molar-refractivity contribution < 1.29 is 9.90 Å². The molecule has 20 heavy (non-hydrogen) atoms. The number of rotatable bonds is 6. The van der Waals surface area contributed by atoms with Crippen molar-refractivity contribution in [2.24, 2.45) is 0 Å². The second-order valence-electron chi connectivity index (χ2n) is 4.41. The largest absolute Gasteiger partial charge is 0.478 e. The summed E-state index contributed by atoms with van der Waals surface area (Å²) >= 11 is 1.69. The number of thioether (sulfide) groups is 1. The molecule has 1 N–H and O–H groups in total. The van der Waals surface area contributed by atoms with Gasteiger partial charge in [0.2, 0.25) is 0 Å². The van der Waals surface area contributed by atoms with Gasteiger partial charge in [0.25, 0.3) is 0 Å². The van der Waals surface area contributed by atoms with Gasteiger partial charge in [-0.1, -0.05) is 6.92 Å². The Balaban J connectivity index is 2.04. The van der Waals surface area contributed by atoms with E-state index < -0.39 is 5.97 Å². The van der Waals surface area contributed by atoms with E-state index in [1.54, 1.807) is 23.9 Å². The van der Waals surface area contributed by atoms with Crippen molar-refractivity contribution in [1.82, 2.24) is 9.78 Å². The predicted octanol–water partition coefficient (Wildman–Crippen LogP) is 3.46. The fourth-order valence-electron chi connectivity index (χ4n) is 1.93. The predicted molar refractivity (Wildman–Crippen MR) is 80.2 cm³/mol. The van der Waals surface area contributed by atoms with Gasteiger partial charge in [0, 0.05) is 22.9 Å². The molecule has 106 valence electrons. The van der Waals surface area contributed by atoms with E-state index in [0.29, 0.717) is 5.56 Å². The minimum atomic E-state index is -0.891. The van der Waals surface area contributed by atoms with Crippen molar-refractivity contribution in [2.45, 2.75) is 37.5 Å². The van der Waals surface area contributed by atoms with Crippen LogP contribution in [0.5, 0.6) is 0 Å². The molecule has 5 heteroatoms. The molecule has 0 fully saturated rings. The third kappa shape index (κ3) is 3.42. The molecule has 0 aliphatic heterocycles. The third-order valence-electron chi connectivity index (χ3n) is 3.06. The van der Waals surface area contributed by atoms with Crippen LogP contribution in [0.3, 0.4) is 0 Å². The number of hydrogen-bond acceptors (Lipinski definition) is 3. The van der Waals surface area contributed by atoms with Crippen molar-refractivity contribution in [3.63, 3.8) is 0 Å². The van der Waals surface area contributed by atoms with Gasteiger partial charge in [-0.05, 0) is 43.7 Å². The van der Waals surface area contributed by atoms with E-state index in [-0.39, 0.29) is 0 Å². The monoisotopic (exact) mass is 290 g/mol. The first-order valence-corrected chi connectivity index (χ1v) is 7.64. The average Bonchev–Trinajstić information content (AvgIpc) is 2.88. The SMILES string of the molecule is CCc1cc(CSc2ccc(C(=O)O)cc2)n(CC)n1. The smallest absolute Gasteiger partial charge is 0.335 e. The summed E-state index contributed by atoms with van der Waals surface area (Å²) in [5.41, 5.74) is 2.64. The van der Waals surface area contributed by atoms with Crippen molar-refractivity contribution >= 4 is 17.7 Å². The fourth-order valence-corrected chi connectivity index (χ4v) is 2.80. The number of carbonyl (C=O) groups is 1. The lowest BCUT2D eigenvalue weighted by Crippen LogP contribution is -2.01. The zero-order valence-electron chi connectivity index (χ0n) is 11.7. The Labute approximate surface area is 122 Å². The van der Waals surface area contributed by atoms with E-state index in [9.17, 15) is 4.79 Å². The zero-order chi connectivity index (χ0) is 14.5. The molecule has 2 rings (SSSR count). The maximum Gasteiger partial charge on any atom is 0.335 e. The molecule has 0 atom stereocenters. The highest BCUT2D eigenvalue weighted by atomic mass is 32.2. The van der Waals surface area contributed by atoms with Gasteiger partial charge in [-0.2, -0.15) is 5.10 Å². The van der Waals surface area contributed by atoms with Crippen molar-refractivity contribution in [3.8, 4) is 0 Å². The fraction of sp³-hybridized carbons (Fsp3) is 0.333. The van der Waals surface area contributed by atoms with Gasteiger partial charge in [-0.25, -0.2) is 4.79 Å². The summed E-state index contributed by atoms with van der Waals surface area (Å²) in [5.74, 6) is -0.0500. The summed E-state index contributed by atoms with van der Waals surface area (Å²) in [7, 11) is 0. The van der Waals surface area contributed by atoms with Crippen LogP contribution in [0.2, 0.25) is 0 Å². The summed E-state index contributed by atoms with van der Waals surface area (Å²) in [4.78, 5) is 11.9. The van der Waals surface area contributed by atoms with Crippen molar-refractivity contribution in [1.29, 1.82) is 0 Å². The molecular weight excluding hydrogens is 272 g/mol. The maximum atomic E-state index is 10.8. The van der Waals surface area contributed by atoms with Gasteiger partial charge < -0.3 is 5.11 Å². The van der Waals surface area contributed by atoms with Crippen LogP contribution in [0.15, 0.2) is 35.2 Å². The molecule has 0 spiro atoms. The molecule has 0 aliphatic carbocycles. The van der Waals surface area contributed by atoms with E-state index >= 15 is 0 Å². The number of hydrogen-bond donors (Lipinski definition) is 1. The van der Waals surface area contributed by atoms with Crippen LogP contribution < -0.4 is 0 Å². The summed E-state index contributed by atoms with van der Waals surface area (Å²) in [5, 5.41) is 13.4. The van der Waals surface area contributed by atoms with Gasteiger partial charge in [-0.15, -0.1) is 11.8 Å². The Hall–Kier alpha value is -1.75. The van der Waals surface area contributed by atoms with Crippen LogP contribution in [-0.2, 0) is 18.7 Å².